The average Bonchev–Trinajstić information content (AvgIpc) is 3.08. The van der Waals surface area contributed by atoms with Crippen molar-refractivity contribution in [2.45, 2.75) is 13.5 Å². The molecule has 0 radical (unpaired) electrons. The summed E-state index contributed by atoms with van der Waals surface area (Å²) in [6.45, 7) is 1.24. The van der Waals surface area contributed by atoms with Crippen LogP contribution in [0.15, 0.2) is 36.5 Å². The van der Waals surface area contributed by atoms with Crippen LogP contribution in [0.1, 0.15) is 33.3 Å². The zero-order valence-corrected chi connectivity index (χ0v) is 13.4. The number of hydrogen-bond acceptors (Lipinski definition) is 5. The molecule has 7 heteroatoms. The Balaban J connectivity index is 1.82. The molecule has 0 aliphatic rings. The van der Waals surface area contributed by atoms with Crippen molar-refractivity contribution < 1.29 is 23.9 Å². The average molecular weight is 330 g/mol. The number of para-hydroxylation sites is 1. The van der Waals surface area contributed by atoms with Gasteiger partial charge in [0.05, 0.1) is 7.11 Å². The van der Waals surface area contributed by atoms with E-state index in [1.807, 2.05) is 18.2 Å². The van der Waals surface area contributed by atoms with Gasteiger partial charge in [-0.25, -0.2) is 4.79 Å². The van der Waals surface area contributed by atoms with Gasteiger partial charge in [0.1, 0.15) is 11.4 Å². The van der Waals surface area contributed by atoms with Gasteiger partial charge in [-0.3, -0.25) is 9.59 Å². The lowest BCUT2D eigenvalue weighted by Crippen LogP contribution is -2.28. The highest BCUT2D eigenvalue weighted by atomic mass is 16.5. The maximum atomic E-state index is 11.8. The quantitative estimate of drug-likeness (QED) is 0.595. The summed E-state index contributed by atoms with van der Waals surface area (Å²) in [5, 5.41) is 2.64. The van der Waals surface area contributed by atoms with Crippen molar-refractivity contribution in [1.82, 2.24) is 10.3 Å². The molecule has 0 saturated heterocycles. The van der Waals surface area contributed by atoms with Gasteiger partial charge in [-0.1, -0.05) is 18.2 Å². The number of aromatic amines is 1. The van der Waals surface area contributed by atoms with E-state index in [1.54, 1.807) is 13.2 Å². The molecule has 1 heterocycles. The van der Waals surface area contributed by atoms with E-state index in [0.717, 1.165) is 5.56 Å². The van der Waals surface area contributed by atoms with Crippen molar-refractivity contribution in [1.29, 1.82) is 0 Å². The van der Waals surface area contributed by atoms with Crippen LogP contribution >= 0.6 is 0 Å². The summed E-state index contributed by atoms with van der Waals surface area (Å²) in [6.07, 6.45) is 1.42. The van der Waals surface area contributed by atoms with Crippen molar-refractivity contribution >= 4 is 17.7 Å². The molecule has 0 bridgehead atoms. The third-order valence-corrected chi connectivity index (χ3v) is 3.31. The highest BCUT2D eigenvalue weighted by molar-refractivity contribution is 5.97. The van der Waals surface area contributed by atoms with Gasteiger partial charge in [-0.15, -0.1) is 0 Å². The molecule has 0 fully saturated rings. The van der Waals surface area contributed by atoms with E-state index in [2.05, 4.69) is 10.3 Å². The number of hydrogen-bond donors (Lipinski definition) is 2. The lowest BCUT2D eigenvalue weighted by atomic mass is 10.2. The summed E-state index contributed by atoms with van der Waals surface area (Å²) >= 11 is 0. The maximum absolute atomic E-state index is 11.8. The molecule has 0 spiro atoms. The summed E-state index contributed by atoms with van der Waals surface area (Å²) in [7, 11) is 1.55. The zero-order chi connectivity index (χ0) is 17.5. The minimum absolute atomic E-state index is 0.123. The molecule has 24 heavy (non-hydrogen) atoms. The van der Waals surface area contributed by atoms with E-state index in [4.69, 9.17) is 9.47 Å². The number of carbonyl (C=O) groups is 3. The number of carbonyl (C=O) groups excluding carboxylic acids is 3. The van der Waals surface area contributed by atoms with Gasteiger partial charge in [-0.05, 0) is 19.1 Å². The van der Waals surface area contributed by atoms with Gasteiger partial charge in [-0.2, -0.15) is 0 Å². The Hall–Kier alpha value is -3.09. The minimum Gasteiger partial charge on any atom is -0.496 e. The Labute approximate surface area is 139 Å². The van der Waals surface area contributed by atoms with Crippen molar-refractivity contribution in [3.8, 4) is 5.75 Å². The van der Waals surface area contributed by atoms with Crippen molar-refractivity contribution in [2.75, 3.05) is 13.7 Å². The van der Waals surface area contributed by atoms with Crippen LogP contribution in [0.2, 0.25) is 0 Å². The molecule has 0 saturated carbocycles. The van der Waals surface area contributed by atoms with Crippen molar-refractivity contribution in [3.05, 3.63) is 53.3 Å². The Morgan fingerprint density at radius 1 is 1.21 bits per heavy atom. The van der Waals surface area contributed by atoms with E-state index in [-0.39, 0.29) is 18.0 Å². The lowest BCUT2D eigenvalue weighted by Gasteiger charge is -2.09. The summed E-state index contributed by atoms with van der Waals surface area (Å²) in [5.41, 5.74) is 1.32. The molecule has 126 valence electrons. The monoisotopic (exact) mass is 330 g/mol. The number of ether oxygens (including phenoxy) is 2. The van der Waals surface area contributed by atoms with Gasteiger partial charge in [0, 0.05) is 23.9 Å². The number of benzene rings is 1. The number of esters is 1. The molecule has 2 rings (SSSR count). The normalized spacial score (nSPS) is 10.1. The van der Waals surface area contributed by atoms with E-state index in [9.17, 15) is 14.4 Å². The number of rotatable bonds is 7. The van der Waals surface area contributed by atoms with Crippen LogP contribution in [0.4, 0.5) is 0 Å². The molecule has 0 aliphatic heterocycles. The molecular formula is C17H18N2O5. The molecule has 7 nitrogen and oxygen atoms in total. The first-order chi connectivity index (χ1) is 11.5. The summed E-state index contributed by atoms with van der Waals surface area (Å²) in [4.78, 5) is 37.4. The lowest BCUT2D eigenvalue weighted by molar-refractivity contribution is -0.124. The first kappa shape index (κ1) is 17.3. The molecule has 1 aromatic carbocycles. The predicted octanol–water partition coefficient (Wildman–Crippen LogP) is 1.70. The fourth-order valence-corrected chi connectivity index (χ4v) is 2.02. The van der Waals surface area contributed by atoms with Gasteiger partial charge < -0.3 is 19.8 Å². The predicted molar refractivity (Wildman–Crippen MR) is 85.9 cm³/mol. The van der Waals surface area contributed by atoms with Crippen LogP contribution in [0.5, 0.6) is 5.75 Å². The van der Waals surface area contributed by atoms with Crippen LogP contribution in [-0.4, -0.2) is 36.4 Å². The number of ketones is 1. The maximum Gasteiger partial charge on any atom is 0.355 e. The van der Waals surface area contributed by atoms with Gasteiger partial charge in [0.25, 0.3) is 5.91 Å². The third-order valence-electron chi connectivity index (χ3n) is 3.31. The Morgan fingerprint density at radius 3 is 2.62 bits per heavy atom. The number of methoxy groups -OCH3 is 1. The largest absolute Gasteiger partial charge is 0.496 e. The fourth-order valence-electron chi connectivity index (χ4n) is 2.02. The Kier molecular flexibility index (Phi) is 5.73. The summed E-state index contributed by atoms with van der Waals surface area (Å²) < 4.78 is 10.1. The first-order valence-electron chi connectivity index (χ1n) is 7.26. The van der Waals surface area contributed by atoms with Gasteiger partial charge >= 0.3 is 5.97 Å². The van der Waals surface area contributed by atoms with Crippen molar-refractivity contribution in [2.24, 2.45) is 0 Å². The zero-order valence-electron chi connectivity index (χ0n) is 13.4. The first-order valence-corrected chi connectivity index (χ1v) is 7.26. The van der Waals surface area contributed by atoms with Gasteiger partial charge in [0.2, 0.25) is 0 Å². The number of H-pyrrole nitrogens is 1. The molecule has 2 aromatic rings. The molecular weight excluding hydrogens is 312 g/mol. The summed E-state index contributed by atoms with van der Waals surface area (Å²) in [5.74, 6) is -0.639. The second-order valence-corrected chi connectivity index (χ2v) is 5.02. The van der Waals surface area contributed by atoms with Crippen LogP contribution in [0.25, 0.3) is 0 Å². The summed E-state index contributed by atoms with van der Waals surface area (Å²) in [6, 6.07) is 8.67. The standard InChI is InChI=1S/C17H18N2O5/c1-11(20)13-7-14(18-9-13)17(22)24-10-16(21)19-8-12-5-3-4-6-15(12)23-2/h3-7,9,18H,8,10H2,1-2H3,(H,19,21). The molecule has 0 aliphatic carbocycles. The third kappa shape index (κ3) is 4.45. The van der Waals surface area contributed by atoms with Crippen LogP contribution < -0.4 is 10.1 Å². The van der Waals surface area contributed by atoms with Crippen molar-refractivity contribution in [3.63, 3.8) is 0 Å². The highest BCUT2D eigenvalue weighted by Crippen LogP contribution is 2.16. The van der Waals surface area contributed by atoms with Crippen LogP contribution in [0.3, 0.4) is 0 Å². The molecule has 2 N–H and O–H groups in total. The number of nitrogens with one attached hydrogen (secondary N) is 2. The Bertz CT molecular complexity index is 751. The number of Topliss-reactive ketones (excluding diaryl/α,β-unsaturated/α-hetero) is 1. The fraction of sp³-hybridized carbons (Fsp3) is 0.235. The topological polar surface area (TPSA) is 97.5 Å². The second kappa shape index (κ2) is 7.96. The number of amides is 1. The molecule has 1 aromatic heterocycles. The SMILES string of the molecule is COc1ccccc1CNC(=O)COC(=O)c1cc(C(C)=O)c[nH]1. The molecule has 0 atom stereocenters. The smallest absolute Gasteiger partial charge is 0.355 e. The Morgan fingerprint density at radius 2 is 1.96 bits per heavy atom. The van der Waals surface area contributed by atoms with E-state index in [0.29, 0.717) is 11.3 Å². The van der Waals surface area contributed by atoms with Crippen LogP contribution in [0, 0.1) is 0 Å². The van der Waals surface area contributed by atoms with Gasteiger partial charge in [0.15, 0.2) is 12.4 Å². The second-order valence-electron chi connectivity index (χ2n) is 5.02. The molecule has 0 unspecified atom stereocenters. The van der Waals surface area contributed by atoms with E-state index < -0.39 is 18.5 Å². The molecule has 1 amide bonds. The minimum atomic E-state index is -0.699. The van der Waals surface area contributed by atoms with E-state index >= 15 is 0 Å². The van der Waals surface area contributed by atoms with E-state index in [1.165, 1.54) is 19.2 Å². The van der Waals surface area contributed by atoms with Crippen LogP contribution in [-0.2, 0) is 16.1 Å². The number of aromatic nitrogens is 1. The highest BCUT2D eigenvalue weighted by Gasteiger charge is 2.14.